The van der Waals surface area contributed by atoms with Gasteiger partial charge >= 0.3 is 0 Å². The van der Waals surface area contributed by atoms with Crippen molar-refractivity contribution in [2.45, 2.75) is 114 Å². The molecule has 4 saturated carbocycles. The van der Waals surface area contributed by atoms with E-state index in [1.165, 1.54) is 70.6 Å². The molecule has 0 aromatic rings. The normalized spacial score (nSPS) is 52.9. The fourth-order valence-electron chi connectivity index (χ4n) is 9.27. The smallest absolute Gasteiger partial charge is 0.0884 e. The van der Waals surface area contributed by atoms with Gasteiger partial charge in [-0.1, -0.05) is 38.5 Å². The molecule has 0 bridgehead atoms. The molecule has 0 spiro atoms. The highest BCUT2D eigenvalue weighted by Crippen LogP contribution is 2.56. The van der Waals surface area contributed by atoms with Gasteiger partial charge in [-0.3, -0.25) is 4.90 Å². The second kappa shape index (κ2) is 7.79. The lowest BCUT2D eigenvalue weighted by Crippen LogP contribution is -2.57. The molecule has 0 radical (unpaired) electrons. The number of hydrogen-bond acceptors (Lipinski definition) is 4. The van der Waals surface area contributed by atoms with Crippen LogP contribution in [0.1, 0.15) is 83.5 Å². The maximum Gasteiger partial charge on any atom is 0.0884 e. The van der Waals surface area contributed by atoms with E-state index in [1.54, 1.807) is 0 Å². The predicted molar refractivity (Wildman–Crippen MR) is 114 cm³/mol. The van der Waals surface area contributed by atoms with Gasteiger partial charge in [-0.2, -0.15) is 10.5 Å². The van der Waals surface area contributed by atoms with Crippen LogP contribution in [0, 0.1) is 58.2 Å². The van der Waals surface area contributed by atoms with E-state index in [0.717, 1.165) is 24.7 Å². The first-order chi connectivity index (χ1) is 14.8. The average Bonchev–Trinajstić information content (AvgIpc) is 3.34. The molecule has 6 rings (SSSR count). The number of ether oxygens (including phenoxy) is 1. The zero-order chi connectivity index (χ0) is 20.2. The summed E-state index contributed by atoms with van der Waals surface area (Å²) in [5.41, 5.74) is 0. The highest BCUT2D eigenvalue weighted by atomic mass is 16.5. The Labute approximate surface area is 181 Å². The van der Waals surface area contributed by atoms with Gasteiger partial charge < -0.3 is 4.74 Å². The molecule has 4 nitrogen and oxygen atoms in total. The zero-order valence-electron chi connectivity index (χ0n) is 18.3. The topological polar surface area (TPSA) is 60.0 Å². The Balaban J connectivity index is 1.35. The van der Waals surface area contributed by atoms with Crippen LogP contribution in [0.3, 0.4) is 0 Å². The molecule has 6 aliphatic rings. The van der Waals surface area contributed by atoms with Crippen molar-refractivity contribution in [2.24, 2.45) is 35.5 Å². The minimum absolute atomic E-state index is 0.00354. The highest BCUT2D eigenvalue weighted by Gasteiger charge is 2.60. The van der Waals surface area contributed by atoms with Crippen molar-refractivity contribution in [3.05, 3.63) is 0 Å². The molecule has 11 unspecified atom stereocenters. The first-order valence-corrected chi connectivity index (χ1v) is 13.0. The van der Waals surface area contributed by atoms with E-state index in [2.05, 4.69) is 17.0 Å². The Morgan fingerprint density at radius 2 is 1.27 bits per heavy atom. The van der Waals surface area contributed by atoms with Crippen LogP contribution < -0.4 is 0 Å². The van der Waals surface area contributed by atoms with Gasteiger partial charge in [0, 0.05) is 24.0 Å². The first kappa shape index (κ1) is 19.6. The summed E-state index contributed by atoms with van der Waals surface area (Å²) in [5.74, 6) is 2.53. The molecule has 30 heavy (non-hydrogen) atoms. The van der Waals surface area contributed by atoms with E-state index in [0.29, 0.717) is 30.0 Å². The molecular formula is C26H37N3O. The Hall–Kier alpha value is -1.10. The predicted octanol–water partition coefficient (Wildman–Crippen LogP) is 5.05. The second-order valence-electron chi connectivity index (χ2n) is 11.3. The third kappa shape index (κ3) is 2.83. The van der Waals surface area contributed by atoms with E-state index in [1.807, 2.05) is 0 Å². The first-order valence-electron chi connectivity index (χ1n) is 13.0. The Morgan fingerprint density at radius 1 is 0.667 bits per heavy atom. The fraction of sp³-hybridized carbons (Fsp3) is 0.923. The van der Waals surface area contributed by atoms with E-state index < -0.39 is 0 Å². The Bertz CT molecular complexity index is 718. The summed E-state index contributed by atoms with van der Waals surface area (Å²) >= 11 is 0. The minimum Gasteiger partial charge on any atom is -0.373 e. The molecule has 0 amide bonds. The lowest BCUT2D eigenvalue weighted by atomic mass is 9.63. The van der Waals surface area contributed by atoms with Crippen molar-refractivity contribution in [1.82, 2.24) is 4.90 Å². The van der Waals surface area contributed by atoms with E-state index in [9.17, 15) is 10.5 Å². The fourth-order valence-corrected chi connectivity index (χ4v) is 9.27. The van der Waals surface area contributed by atoms with Crippen LogP contribution in [0.2, 0.25) is 0 Å². The second-order valence-corrected chi connectivity index (χ2v) is 11.3. The van der Waals surface area contributed by atoms with Crippen molar-refractivity contribution in [1.29, 1.82) is 10.5 Å². The molecule has 2 saturated heterocycles. The monoisotopic (exact) mass is 407 g/mol. The van der Waals surface area contributed by atoms with Crippen molar-refractivity contribution in [3.63, 3.8) is 0 Å². The summed E-state index contributed by atoms with van der Waals surface area (Å²) in [6, 6.07) is 7.06. The van der Waals surface area contributed by atoms with Crippen molar-refractivity contribution >= 4 is 0 Å². The molecule has 2 aliphatic heterocycles. The van der Waals surface area contributed by atoms with Crippen LogP contribution in [0.25, 0.3) is 0 Å². The quantitative estimate of drug-likeness (QED) is 0.610. The summed E-state index contributed by atoms with van der Waals surface area (Å²) in [6.45, 7) is 0. The SMILES string of the molecule is N#CC1CC(N2C3CCCCC3C3CCCCC32)C(C#N)C2OC3CCCCC3C12. The van der Waals surface area contributed by atoms with Gasteiger partial charge in [-0.15, -0.1) is 0 Å². The molecule has 0 N–H and O–H groups in total. The lowest BCUT2D eigenvalue weighted by molar-refractivity contribution is -0.0614. The minimum atomic E-state index is -0.0477. The van der Waals surface area contributed by atoms with Gasteiger partial charge in [0.05, 0.1) is 36.2 Å². The molecular weight excluding hydrogens is 370 g/mol. The van der Waals surface area contributed by atoms with Crippen LogP contribution in [0.15, 0.2) is 0 Å². The van der Waals surface area contributed by atoms with Gasteiger partial charge in [-0.25, -0.2) is 0 Å². The van der Waals surface area contributed by atoms with Gasteiger partial charge in [0.2, 0.25) is 0 Å². The van der Waals surface area contributed by atoms with Crippen LogP contribution >= 0.6 is 0 Å². The molecule has 11 atom stereocenters. The molecule has 0 aromatic carbocycles. The summed E-state index contributed by atoms with van der Waals surface area (Å²) in [6.07, 6.45) is 16.9. The lowest BCUT2D eigenvalue weighted by Gasteiger charge is -2.48. The maximum atomic E-state index is 10.4. The summed E-state index contributed by atoms with van der Waals surface area (Å²) in [4.78, 5) is 2.85. The van der Waals surface area contributed by atoms with Crippen molar-refractivity contribution < 1.29 is 4.74 Å². The molecule has 4 heteroatoms. The van der Waals surface area contributed by atoms with Gasteiger partial charge in [0.15, 0.2) is 0 Å². The number of likely N-dealkylation sites (tertiary alicyclic amines) is 1. The van der Waals surface area contributed by atoms with Gasteiger partial charge in [-0.05, 0) is 62.7 Å². The van der Waals surface area contributed by atoms with E-state index >= 15 is 0 Å². The number of rotatable bonds is 1. The summed E-state index contributed by atoms with van der Waals surface area (Å²) in [5, 5.41) is 20.6. The van der Waals surface area contributed by atoms with Gasteiger partial charge in [0.25, 0.3) is 0 Å². The molecule has 4 aliphatic carbocycles. The number of fused-ring (bicyclic) bond motifs is 6. The highest BCUT2D eigenvalue weighted by molar-refractivity contribution is 5.17. The Morgan fingerprint density at radius 3 is 1.90 bits per heavy atom. The van der Waals surface area contributed by atoms with Crippen molar-refractivity contribution in [3.8, 4) is 12.1 Å². The largest absolute Gasteiger partial charge is 0.373 e. The average molecular weight is 408 g/mol. The Kier molecular flexibility index (Phi) is 5.08. The van der Waals surface area contributed by atoms with Crippen LogP contribution in [0.4, 0.5) is 0 Å². The standard InChI is InChI=1S/C26H37N3O/c27-14-16-13-23(20(15-28)26-25(16)19-9-3-6-12-24(19)30-26)29-21-10-4-1-7-17(21)18-8-2-5-11-22(18)29/h16-26H,1-13H2. The number of nitrogens with zero attached hydrogens (tertiary/aromatic N) is 3. The number of nitriles is 2. The third-order valence-electron chi connectivity index (χ3n) is 10.3. The van der Waals surface area contributed by atoms with Crippen molar-refractivity contribution in [2.75, 3.05) is 0 Å². The molecule has 162 valence electrons. The summed E-state index contributed by atoms with van der Waals surface area (Å²) < 4.78 is 6.67. The van der Waals surface area contributed by atoms with Gasteiger partial charge in [0.1, 0.15) is 0 Å². The molecule has 2 heterocycles. The van der Waals surface area contributed by atoms with Crippen LogP contribution in [-0.4, -0.2) is 35.2 Å². The third-order valence-corrected chi connectivity index (χ3v) is 10.3. The zero-order valence-corrected chi connectivity index (χ0v) is 18.3. The molecule has 6 fully saturated rings. The van der Waals surface area contributed by atoms with Crippen LogP contribution in [-0.2, 0) is 4.74 Å². The van der Waals surface area contributed by atoms with Crippen LogP contribution in [0.5, 0.6) is 0 Å². The van der Waals surface area contributed by atoms with E-state index in [4.69, 9.17) is 4.74 Å². The van der Waals surface area contributed by atoms with E-state index in [-0.39, 0.29) is 24.0 Å². The molecule has 0 aromatic heterocycles. The summed E-state index contributed by atoms with van der Waals surface area (Å²) in [7, 11) is 0. The maximum absolute atomic E-state index is 10.4. The number of hydrogen-bond donors (Lipinski definition) is 0.